The van der Waals surface area contributed by atoms with E-state index < -0.39 is 0 Å². The summed E-state index contributed by atoms with van der Waals surface area (Å²) >= 11 is 0. The van der Waals surface area contributed by atoms with Crippen molar-refractivity contribution in [1.29, 1.82) is 0 Å². The molecule has 0 saturated carbocycles. The summed E-state index contributed by atoms with van der Waals surface area (Å²) in [6.45, 7) is 4.33. The molecule has 0 bridgehead atoms. The molecule has 8 heteroatoms. The molecule has 1 fully saturated rings. The largest absolute Gasteiger partial charge is 0.463 e. The molecule has 5 rings (SSSR count). The van der Waals surface area contributed by atoms with Gasteiger partial charge in [0.1, 0.15) is 17.6 Å². The summed E-state index contributed by atoms with van der Waals surface area (Å²) in [6, 6.07) is 9.14. The van der Waals surface area contributed by atoms with Crippen LogP contribution < -0.4 is 4.74 Å². The van der Waals surface area contributed by atoms with Gasteiger partial charge in [-0.1, -0.05) is 0 Å². The van der Waals surface area contributed by atoms with Crippen molar-refractivity contribution < 1.29 is 18.7 Å². The van der Waals surface area contributed by atoms with E-state index in [1.54, 1.807) is 41.3 Å². The zero-order chi connectivity index (χ0) is 22.1. The number of aromatic nitrogens is 1. The van der Waals surface area contributed by atoms with Gasteiger partial charge < -0.3 is 19.0 Å². The Labute approximate surface area is 184 Å². The molecule has 3 aromatic rings. The van der Waals surface area contributed by atoms with E-state index in [9.17, 15) is 9.59 Å². The highest BCUT2D eigenvalue weighted by molar-refractivity contribution is 6.06. The van der Waals surface area contributed by atoms with Crippen molar-refractivity contribution >= 4 is 34.6 Å². The van der Waals surface area contributed by atoms with E-state index >= 15 is 0 Å². The minimum absolute atomic E-state index is 0.0344. The summed E-state index contributed by atoms with van der Waals surface area (Å²) in [5.74, 6) is 0.985. The van der Waals surface area contributed by atoms with Crippen LogP contribution in [0.25, 0.3) is 16.5 Å². The summed E-state index contributed by atoms with van der Waals surface area (Å²) in [5, 5.41) is 0.729. The highest BCUT2D eigenvalue weighted by Gasteiger charge is 2.25. The topological polar surface area (TPSA) is 88.2 Å². The standard InChI is InChI=1S/C24H22N4O4/c1-16(29)27-8-10-28(11-9-27)24(30)21-15-31-22-12-19(3-4-20(21)22)32-23-5-2-17(14-26-23)18-6-7-25-13-18/h2-7,12,14-15H,8-11,13H2,1H3. The first-order valence-electron chi connectivity index (χ1n) is 10.5. The first-order chi connectivity index (χ1) is 15.6. The van der Waals surface area contributed by atoms with Gasteiger partial charge in [-0.3, -0.25) is 14.6 Å². The van der Waals surface area contributed by atoms with E-state index in [4.69, 9.17) is 9.15 Å². The van der Waals surface area contributed by atoms with Crippen molar-refractivity contribution in [2.75, 3.05) is 32.7 Å². The first kappa shape index (κ1) is 20.0. The normalized spacial score (nSPS) is 15.8. The van der Waals surface area contributed by atoms with Gasteiger partial charge in [0.2, 0.25) is 11.8 Å². The number of rotatable bonds is 4. The lowest BCUT2D eigenvalue weighted by atomic mass is 10.1. The molecule has 32 heavy (non-hydrogen) atoms. The van der Waals surface area contributed by atoms with E-state index in [0.717, 1.165) is 16.5 Å². The molecule has 0 radical (unpaired) electrons. The van der Waals surface area contributed by atoms with Crippen LogP contribution in [0.1, 0.15) is 22.8 Å². The maximum absolute atomic E-state index is 13.0. The third-order valence-electron chi connectivity index (χ3n) is 5.76. The van der Waals surface area contributed by atoms with Gasteiger partial charge in [0.05, 0.1) is 12.1 Å². The number of hydrogen-bond donors (Lipinski definition) is 0. The van der Waals surface area contributed by atoms with Gasteiger partial charge in [0.15, 0.2) is 0 Å². The first-order valence-corrected chi connectivity index (χ1v) is 10.5. The Hall–Kier alpha value is -3.94. The predicted molar refractivity (Wildman–Crippen MR) is 120 cm³/mol. The number of carbonyl (C=O) groups excluding carboxylic acids is 2. The van der Waals surface area contributed by atoms with Crippen LogP contribution in [0, 0.1) is 0 Å². The molecule has 0 atom stereocenters. The number of carbonyl (C=O) groups is 2. The monoisotopic (exact) mass is 430 g/mol. The number of fused-ring (bicyclic) bond motifs is 1. The lowest BCUT2D eigenvalue weighted by molar-refractivity contribution is -0.130. The van der Waals surface area contributed by atoms with Crippen LogP contribution in [0.15, 0.2) is 58.3 Å². The maximum Gasteiger partial charge on any atom is 0.257 e. The number of benzene rings is 1. The van der Waals surface area contributed by atoms with Gasteiger partial charge in [0.25, 0.3) is 5.91 Å². The lowest BCUT2D eigenvalue weighted by Crippen LogP contribution is -2.50. The van der Waals surface area contributed by atoms with Gasteiger partial charge in [-0.15, -0.1) is 0 Å². The van der Waals surface area contributed by atoms with Crippen molar-refractivity contribution in [1.82, 2.24) is 14.8 Å². The Morgan fingerprint density at radius 2 is 1.88 bits per heavy atom. The van der Waals surface area contributed by atoms with Crippen LogP contribution in [-0.4, -0.2) is 65.5 Å². The Morgan fingerprint density at radius 3 is 2.56 bits per heavy atom. The van der Waals surface area contributed by atoms with Crippen LogP contribution >= 0.6 is 0 Å². The Morgan fingerprint density at radius 1 is 1.06 bits per heavy atom. The molecule has 1 saturated heterocycles. The maximum atomic E-state index is 13.0. The summed E-state index contributed by atoms with van der Waals surface area (Å²) < 4.78 is 11.5. The fourth-order valence-electron chi connectivity index (χ4n) is 3.92. The molecule has 2 aliphatic rings. The second-order valence-corrected chi connectivity index (χ2v) is 7.77. The fourth-order valence-corrected chi connectivity index (χ4v) is 3.92. The van der Waals surface area contributed by atoms with Gasteiger partial charge in [0, 0.05) is 63.0 Å². The highest BCUT2D eigenvalue weighted by atomic mass is 16.5. The Balaban J connectivity index is 1.28. The molecule has 0 N–H and O–H groups in total. The quantitative estimate of drug-likeness (QED) is 0.633. The SMILES string of the molecule is CC(=O)N1CCN(C(=O)c2coc3cc(Oc4ccc(C5=CC=NC5)cn4)ccc23)CC1. The van der Waals surface area contributed by atoms with Crippen molar-refractivity contribution in [3.63, 3.8) is 0 Å². The molecule has 0 aliphatic carbocycles. The number of furan rings is 1. The number of nitrogens with zero attached hydrogens (tertiary/aromatic N) is 4. The molecule has 0 unspecified atom stereocenters. The highest BCUT2D eigenvalue weighted by Crippen LogP contribution is 2.29. The minimum atomic E-state index is -0.0944. The molecular weight excluding hydrogens is 408 g/mol. The van der Waals surface area contributed by atoms with E-state index in [2.05, 4.69) is 9.98 Å². The molecule has 162 valence electrons. The average Bonchev–Trinajstić information content (AvgIpc) is 3.49. The van der Waals surface area contributed by atoms with Crippen LogP contribution in [0.5, 0.6) is 11.6 Å². The van der Waals surface area contributed by atoms with E-state index in [0.29, 0.717) is 55.5 Å². The Bertz CT molecular complexity index is 1230. The summed E-state index contributed by atoms with van der Waals surface area (Å²) in [4.78, 5) is 36.5. The van der Waals surface area contributed by atoms with E-state index in [1.165, 1.54) is 6.26 Å². The number of ether oxygens (including phenoxy) is 1. The number of hydrogen-bond acceptors (Lipinski definition) is 6. The third-order valence-corrected chi connectivity index (χ3v) is 5.76. The van der Waals surface area contributed by atoms with Crippen LogP contribution in [-0.2, 0) is 4.79 Å². The Kier molecular flexibility index (Phi) is 5.18. The van der Waals surface area contributed by atoms with Crippen LogP contribution in [0.2, 0.25) is 0 Å². The zero-order valence-corrected chi connectivity index (χ0v) is 17.7. The van der Waals surface area contributed by atoms with Crippen molar-refractivity contribution in [2.24, 2.45) is 4.99 Å². The molecule has 2 amide bonds. The summed E-state index contributed by atoms with van der Waals surface area (Å²) in [5.41, 5.74) is 3.22. The second kappa shape index (κ2) is 8.30. The summed E-state index contributed by atoms with van der Waals surface area (Å²) in [6.07, 6.45) is 7.02. The number of allylic oxidation sites excluding steroid dienone is 1. The van der Waals surface area contributed by atoms with Gasteiger partial charge in [-0.05, 0) is 35.4 Å². The molecule has 2 aromatic heterocycles. The minimum Gasteiger partial charge on any atom is -0.463 e. The van der Waals surface area contributed by atoms with Crippen LogP contribution in [0.4, 0.5) is 0 Å². The lowest BCUT2D eigenvalue weighted by Gasteiger charge is -2.34. The average molecular weight is 430 g/mol. The van der Waals surface area contributed by atoms with Crippen molar-refractivity contribution in [3.8, 4) is 11.6 Å². The van der Waals surface area contributed by atoms with Gasteiger partial charge in [-0.2, -0.15) is 0 Å². The van der Waals surface area contributed by atoms with Gasteiger partial charge in [-0.25, -0.2) is 4.98 Å². The molecule has 2 aliphatic heterocycles. The summed E-state index contributed by atoms with van der Waals surface area (Å²) in [7, 11) is 0. The number of piperazine rings is 1. The predicted octanol–water partition coefficient (Wildman–Crippen LogP) is 3.39. The van der Waals surface area contributed by atoms with Gasteiger partial charge >= 0.3 is 0 Å². The molecule has 4 heterocycles. The molecule has 0 spiro atoms. The fraction of sp³-hybridized carbons (Fsp3) is 0.250. The van der Waals surface area contributed by atoms with Crippen molar-refractivity contribution in [2.45, 2.75) is 6.92 Å². The van der Waals surface area contributed by atoms with Crippen molar-refractivity contribution in [3.05, 3.63) is 60.0 Å². The van der Waals surface area contributed by atoms with Crippen LogP contribution in [0.3, 0.4) is 0 Å². The molecule has 1 aromatic carbocycles. The molecular formula is C24H22N4O4. The van der Waals surface area contributed by atoms with E-state index in [1.807, 2.05) is 24.3 Å². The number of pyridine rings is 1. The number of amides is 2. The second-order valence-electron chi connectivity index (χ2n) is 7.77. The number of aliphatic imine (C=N–C) groups is 1. The third kappa shape index (κ3) is 3.87. The van der Waals surface area contributed by atoms with E-state index in [-0.39, 0.29) is 11.8 Å². The molecule has 8 nitrogen and oxygen atoms in total. The zero-order valence-electron chi connectivity index (χ0n) is 17.7. The smallest absolute Gasteiger partial charge is 0.257 e.